The van der Waals surface area contributed by atoms with Gasteiger partial charge in [0.1, 0.15) is 17.7 Å². The van der Waals surface area contributed by atoms with Crippen molar-refractivity contribution >= 4 is 11.0 Å². The van der Waals surface area contributed by atoms with Gasteiger partial charge in [0.15, 0.2) is 0 Å². The Morgan fingerprint density at radius 3 is 2.77 bits per heavy atom. The number of hydrogen-bond acceptors (Lipinski definition) is 3. The van der Waals surface area contributed by atoms with Gasteiger partial charge in [0.2, 0.25) is 0 Å². The highest BCUT2D eigenvalue weighted by molar-refractivity contribution is 5.76. The molecule has 26 heavy (non-hydrogen) atoms. The molecular weight excluding hydrogens is 324 g/mol. The van der Waals surface area contributed by atoms with Crippen LogP contribution in [0.3, 0.4) is 0 Å². The zero-order valence-electron chi connectivity index (χ0n) is 15.3. The first-order chi connectivity index (χ1) is 12.7. The van der Waals surface area contributed by atoms with Gasteiger partial charge < -0.3 is 14.4 Å². The smallest absolute Gasteiger partial charge is 0.138 e. The number of para-hydroxylation sites is 3. The lowest BCUT2D eigenvalue weighted by Crippen LogP contribution is -2.11. The van der Waals surface area contributed by atoms with Crippen molar-refractivity contribution in [1.29, 1.82) is 0 Å². The van der Waals surface area contributed by atoms with E-state index < -0.39 is 6.10 Å². The third-order valence-corrected chi connectivity index (χ3v) is 4.49. The van der Waals surface area contributed by atoms with Gasteiger partial charge in [0.05, 0.1) is 17.6 Å². The maximum Gasteiger partial charge on any atom is 0.138 e. The summed E-state index contributed by atoms with van der Waals surface area (Å²) in [4.78, 5) is 4.62. The first-order valence-electron chi connectivity index (χ1n) is 9.19. The van der Waals surface area contributed by atoms with E-state index in [1.165, 1.54) is 0 Å². The highest BCUT2D eigenvalue weighted by Gasteiger charge is 2.16. The van der Waals surface area contributed by atoms with E-state index in [1.54, 1.807) is 0 Å². The zero-order valence-corrected chi connectivity index (χ0v) is 15.3. The summed E-state index contributed by atoms with van der Waals surface area (Å²) in [6, 6.07) is 16.1. The summed E-state index contributed by atoms with van der Waals surface area (Å²) >= 11 is 0. The highest BCUT2D eigenvalue weighted by Crippen LogP contribution is 2.23. The van der Waals surface area contributed by atoms with Crippen LogP contribution in [0.2, 0.25) is 0 Å². The standard InChI is InChI=1S/C22H26N2O2/c1-3-10-17-11-5-8-14-21(17)26-16-9-15-24-19-13-7-6-12-18(19)23-22(24)20(25)4-2/h3,5-8,11-14,20,25H,1,4,9-10,15-16H2,2H3. The Balaban J connectivity index is 1.69. The fraction of sp³-hybridized carbons (Fsp3) is 0.318. The SMILES string of the molecule is C=CCc1ccccc1OCCCn1c(C(O)CC)nc2ccccc21. The number of aromatic nitrogens is 2. The van der Waals surface area contributed by atoms with Gasteiger partial charge in [0.25, 0.3) is 0 Å². The number of nitrogens with zero attached hydrogens (tertiary/aromatic N) is 2. The Labute approximate surface area is 154 Å². The molecule has 0 saturated heterocycles. The van der Waals surface area contributed by atoms with Crippen molar-refractivity contribution in [3.63, 3.8) is 0 Å². The maximum atomic E-state index is 10.3. The largest absolute Gasteiger partial charge is 0.493 e. The molecule has 136 valence electrons. The molecule has 1 N–H and O–H groups in total. The molecule has 4 heteroatoms. The molecule has 1 aromatic heterocycles. The molecule has 0 radical (unpaired) electrons. The van der Waals surface area contributed by atoms with Crippen LogP contribution in [0.4, 0.5) is 0 Å². The molecule has 0 aliphatic rings. The van der Waals surface area contributed by atoms with E-state index in [-0.39, 0.29) is 0 Å². The van der Waals surface area contributed by atoms with E-state index in [0.717, 1.165) is 47.6 Å². The number of aliphatic hydroxyl groups excluding tert-OH is 1. The lowest BCUT2D eigenvalue weighted by Gasteiger charge is -2.14. The monoisotopic (exact) mass is 350 g/mol. The molecule has 3 aromatic rings. The Hall–Kier alpha value is -2.59. The number of fused-ring (bicyclic) bond motifs is 1. The van der Waals surface area contributed by atoms with Crippen LogP contribution >= 0.6 is 0 Å². The van der Waals surface area contributed by atoms with Gasteiger partial charge in [-0.1, -0.05) is 43.3 Å². The van der Waals surface area contributed by atoms with E-state index >= 15 is 0 Å². The van der Waals surface area contributed by atoms with Crippen LogP contribution < -0.4 is 4.74 Å². The van der Waals surface area contributed by atoms with E-state index in [1.807, 2.05) is 49.4 Å². The van der Waals surface area contributed by atoms with E-state index in [2.05, 4.69) is 28.3 Å². The molecule has 1 unspecified atom stereocenters. The summed E-state index contributed by atoms with van der Waals surface area (Å²) in [6.07, 6.45) is 3.63. The second-order valence-corrected chi connectivity index (χ2v) is 6.34. The molecule has 0 amide bonds. The van der Waals surface area contributed by atoms with Crippen LogP contribution in [0.5, 0.6) is 5.75 Å². The quantitative estimate of drug-likeness (QED) is 0.450. The van der Waals surface area contributed by atoms with Crippen molar-refractivity contribution in [3.8, 4) is 5.75 Å². The van der Waals surface area contributed by atoms with Crippen LogP contribution in [-0.2, 0) is 13.0 Å². The maximum absolute atomic E-state index is 10.3. The number of aryl methyl sites for hydroxylation is 1. The number of hydrogen-bond donors (Lipinski definition) is 1. The number of ether oxygens (including phenoxy) is 1. The predicted octanol–water partition coefficient (Wildman–Crippen LogP) is 4.68. The molecule has 0 bridgehead atoms. The first-order valence-corrected chi connectivity index (χ1v) is 9.19. The molecule has 0 aliphatic carbocycles. The number of benzene rings is 2. The fourth-order valence-electron chi connectivity index (χ4n) is 3.14. The van der Waals surface area contributed by atoms with Crippen molar-refractivity contribution in [2.24, 2.45) is 0 Å². The molecular formula is C22H26N2O2. The Morgan fingerprint density at radius 1 is 1.19 bits per heavy atom. The fourth-order valence-corrected chi connectivity index (χ4v) is 3.14. The molecule has 0 aliphatic heterocycles. The minimum atomic E-state index is -0.545. The predicted molar refractivity (Wildman–Crippen MR) is 105 cm³/mol. The Bertz CT molecular complexity index is 869. The Kier molecular flexibility index (Phi) is 6.08. The molecule has 3 rings (SSSR count). The molecule has 4 nitrogen and oxygen atoms in total. The van der Waals surface area contributed by atoms with Gasteiger partial charge in [-0.2, -0.15) is 0 Å². The average molecular weight is 350 g/mol. The van der Waals surface area contributed by atoms with E-state index in [0.29, 0.717) is 13.0 Å². The van der Waals surface area contributed by atoms with Crippen molar-refractivity contribution in [3.05, 3.63) is 72.6 Å². The third kappa shape index (κ3) is 3.97. The van der Waals surface area contributed by atoms with Crippen LogP contribution in [0.1, 0.15) is 37.3 Å². The summed E-state index contributed by atoms with van der Waals surface area (Å²) in [5, 5.41) is 10.3. The van der Waals surface area contributed by atoms with Gasteiger partial charge in [-0.05, 0) is 43.0 Å². The number of rotatable bonds is 9. The second kappa shape index (κ2) is 8.68. The number of allylic oxidation sites excluding steroid dienone is 1. The third-order valence-electron chi connectivity index (χ3n) is 4.49. The average Bonchev–Trinajstić information content (AvgIpc) is 3.04. The number of aliphatic hydroxyl groups is 1. The van der Waals surface area contributed by atoms with Crippen molar-refractivity contribution in [2.75, 3.05) is 6.61 Å². The molecule has 1 heterocycles. The van der Waals surface area contributed by atoms with Gasteiger partial charge in [-0.25, -0.2) is 4.98 Å². The van der Waals surface area contributed by atoms with Crippen LogP contribution in [0.25, 0.3) is 11.0 Å². The van der Waals surface area contributed by atoms with E-state index in [9.17, 15) is 5.11 Å². The van der Waals surface area contributed by atoms with Crippen molar-refractivity contribution in [1.82, 2.24) is 9.55 Å². The van der Waals surface area contributed by atoms with Crippen molar-refractivity contribution < 1.29 is 9.84 Å². The summed E-state index contributed by atoms with van der Waals surface area (Å²) in [6.45, 7) is 7.14. The molecule has 0 saturated carbocycles. The summed E-state index contributed by atoms with van der Waals surface area (Å²) in [5.41, 5.74) is 3.13. The summed E-state index contributed by atoms with van der Waals surface area (Å²) in [5.74, 6) is 1.65. The second-order valence-electron chi connectivity index (χ2n) is 6.34. The minimum absolute atomic E-state index is 0.545. The first kappa shape index (κ1) is 18.2. The molecule has 2 aromatic carbocycles. The lowest BCUT2D eigenvalue weighted by molar-refractivity contribution is 0.158. The van der Waals surface area contributed by atoms with Crippen LogP contribution in [0.15, 0.2) is 61.2 Å². The lowest BCUT2D eigenvalue weighted by atomic mass is 10.1. The highest BCUT2D eigenvalue weighted by atomic mass is 16.5. The summed E-state index contributed by atoms with van der Waals surface area (Å²) in [7, 11) is 0. The molecule has 0 spiro atoms. The van der Waals surface area contributed by atoms with Gasteiger partial charge >= 0.3 is 0 Å². The van der Waals surface area contributed by atoms with Gasteiger partial charge in [-0.15, -0.1) is 6.58 Å². The van der Waals surface area contributed by atoms with E-state index in [4.69, 9.17) is 4.74 Å². The normalized spacial score (nSPS) is 12.2. The molecule has 1 atom stereocenters. The summed E-state index contributed by atoms with van der Waals surface area (Å²) < 4.78 is 8.10. The minimum Gasteiger partial charge on any atom is -0.493 e. The zero-order chi connectivity index (χ0) is 18.4. The van der Waals surface area contributed by atoms with Gasteiger partial charge in [0, 0.05) is 6.54 Å². The van der Waals surface area contributed by atoms with Crippen molar-refractivity contribution in [2.45, 2.75) is 38.8 Å². The number of imidazole rings is 1. The Morgan fingerprint density at radius 2 is 1.96 bits per heavy atom. The molecule has 0 fully saturated rings. The van der Waals surface area contributed by atoms with Crippen LogP contribution in [0, 0.1) is 0 Å². The van der Waals surface area contributed by atoms with Crippen LogP contribution in [-0.4, -0.2) is 21.3 Å². The topological polar surface area (TPSA) is 47.3 Å². The van der Waals surface area contributed by atoms with Gasteiger partial charge in [-0.3, -0.25) is 0 Å².